The molecule has 0 radical (unpaired) electrons. The van der Waals surface area contributed by atoms with Crippen molar-refractivity contribution in [2.45, 2.75) is 32.0 Å². The fourth-order valence-corrected chi connectivity index (χ4v) is 2.91. The summed E-state index contributed by atoms with van der Waals surface area (Å²) in [6.07, 6.45) is -3.24. The lowest BCUT2D eigenvalue weighted by Gasteiger charge is -2.11. The number of alkyl halides is 3. The summed E-state index contributed by atoms with van der Waals surface area (Å²) in [7, 11) is 0. The minimum absolute atomic E-state index is 0.224. The Morgan fingerprint density at radius 2 is 1.78 bits per heavy atom. The first-order valence-electron chi connectivity index (χ1n) is 5.96. The van der Waals surface area contributed by atoms with Crippen LogP contribution in [0.2, 0.25) is 0 Å². The molecule has 2 aliphatic rings. The monoisotopic (exact) mass is 253 g/mol. The van der Waals surface area contributed by atoms with Gasteiger partial charge in [-0.25, -0.2) is 0 Å². The normalized spacial score (nSPS) is 26.6. The van der Waals surface area contributed by atoms with E-state index in [0.29, 0.717) is 0 Å². The molecule has 0 N–H and O–H groups in total. The van der Waals surface area contributed by atoms with Gasteiger partial charge in [-0.2, -0.15) is 13.2 Å². The molecule has 0 amide bonds. The smallest absolute Gasteiger partial charge is 0.361 e. The van der Waals surface area contributed by atoms with E-state index in [1.807, 2.05) is 0 Å². The zero-order valence-electron chi connectivity index (χ0n) is 10.3. The van der Waals surface area contributed by atoms with E-state index in [0.717, 1.165) is 36.4 Å². The van der Waals surface area contributed by atoms with Crippen LogP contribution >= 0.6 is 0 Å². The van der Waals surface area contributed by atoms with Gasteiger partial charge in [0.05, 0.1) is 11.1 Å². The van der Waals surface area contributed by atoms with Gasteiger partial charge in [0.25, 0.3) is 0 Å². The number of benzene rings is 1. The molecule has 0 bridgehead atoms. The zero-order chi connectivity index (χ0) is 13.1. The fraction of sp³-hybridized carbons (Fsp3) is 0.429. The second kappa shape index (κ2) is 3.31. The first-order valence-corrected chi connectivity index (χ1v) is 5.96. The van der Waals surface area contributed by atoms with E-state index in [-0.39, 0.29) is 5.54 Å². The summed E-state index contributed by atoms with van der Waals surface area (Å²) in [6, 6.07) is 5.47. The third-order valence-corrected chi connectivity index (χ3v) is 3.85. The Bertz CT molecular complexity index is 527. The van der Waals surface area contributed by atoms with Gasteiger partial charge in [-0.15, -0.1) is 0 Å². The Hall–Kier alpha value is -1.45. The summed E-state index contributed by atoms with van der Waals surface area (Å²) in [5.41, 5.74) is 2.91. The van der Waals surface area contributed by atoms with Crippen LogP contribution in [0.4, 0.5) is 13.2 Å². The van der Waals surface area contributed by atoms with Crippen LogP contribution in [0.15, 0.2) is 29.8 Å². The van der Waals surface area contributed by atoms with Gasteiger partial charge in [0, 0.05) is 12.2 Å². The lowest BCUT2D eigenvalue weighted by atomic mass is 10.0. The maximum absolute atomic E-state index is 12.5. The van der Waals surface area contributed by atoms with Crippen LogP contribution in [0, 0.1) is 0 Å². The van der Waals surface area contributed by atoms with Crippen molar-refractivity contribution in [1.29, 1.82) is 0 Å². The molecule has 2 heterocycles. The predicted molar refractivity (Wildman–Crippen MR) is 63.8 cm³/mol. The number of rotatable bonds is 1. The molecule has 96 valence electrons. The van der Waals surface area contributed by atoms with Crippen molar-refractivity contribution in [3.8, 4) is 0 Å². The average Bonchev–Trinajstić information content (AvgIpc) is 2.81. The van der Waals surface area contributed by atoms with E-state index in [1.165, 1.54) is 5.57 Å². The maximum Gasteiger partial charge on any atom is 0.416 e. The van der Waals surface area contributed by atoms with E-state index in [2.05, 4.69) is 18.7 Å². The van der Waals surface area contributed by atoms with Gasteiger partial charge in [0.2, 0.25) is 0 Å². The highest BCUT2D eigenvalue weighted by atomic mass is 19.4. The van der Waals surface area contributed by atoms with E-state index >= 15 is 0 Å². The summed E-state index contributed by atoms with van der Waals surface area (Å²) in [4.78, 5) is 2.27. The molecule has 0 spiro atoms. The van der Waals surface area contributed by atoms with Crippen LogP contribution in [0.3, 0.4) is 0 Å². The highest BCUT2D eigenvalue weighted by Gasteiger charge is 2.53. The van der Waals surface area contributed by atoms with E-state index < -0.39 is 11.7 Å². The third-order valence-electron chi connectivity index (χ3n) is 3.85. The largest absolute Gasteiger partial charge is 0.416 e. The lowest BCUT2D eigenvalue weighted by molar-refractivity contribution is -0.137. The van der Waals surface area contributed by atoms with Crippen LogP contribution in [-0.4, -0.2) is 17.0 Å². The molecule has 2 aliphatic heterocycles. The van der Waals surface area contributed by atoms with Gasteiger partial charge >= 0.3 is 6.18 Å². The Morgan fingerprint density at radius 1 is 1.17 bits per heavy atom. The molecule has 18 heavy (non-hydrogen) atoms. The Morgan fingerprint density at radius 3 is 2.22 bits per heavy atom. The molecule has 0 saturated carbocycles. The highest BCUT2D eigenvalue weighted by molar-refractivity contribution is 5.73. The van der Waals surface area contributed by atoms with Crippen molar-refractivity contribution in [3.05, 3.63) is 41.0 Å². The maximum atomic E-state index is 12.5. The van der Waals surface area contributed by atoms with E-state index in [1.54, 1.807) is 12.1 Å². The second-order valence-corrected chi connectivity index (χ2v) is 5.46. The molecule has 0 aromatic heterocycles. The predicted octanol–water partition coefficient (Wildman–Crippen LogP) is 3.91. The number of halogens is 3. The molecule has 0 aliphatic carbocycles. The van der Waals surface area contributed by atoms with Crippen molar-refractivity contribution < 1.29 is 13.2 Å². The minimum Gasteiger partial charge on any atom is -0.361 e. The molecule has 4 heteroatoms. The van der Waals surface area contributed by atoms with Crippen molar-refractivity contribution in [1.82, 2.24) is 4.90 Å². The number of nitrogens with zero attached hydrogens (tertiary/aromatic N) is 1. The quantitative estimate of drug-likeness (QED) is 0.686. The van der Waals surface area contributed by atoms with Crippen molar-refractivity contribution in [2.24, 2.45) is 0 Å². The van der Waals surface area contributed by atoms with E-state index in [9.17, 15) is 13.2 Å². The molecule has 1 fully saturated rings. The van der Waals surface area contributed by atoms with Crippen molar-refractivity contribution >= 4 is 5.70 Å². The Labute approximate surface area is 104 Å². The molecular formula is C14H14F3N. The van der Waals surface area contributed by atoms with Crippen molar-refractivity contribution in [3.63, 3.8) is 0 Å². The van der Waals surface area contributed by atoms with Gasteiger partial charge in [0.1, 0.15) is 0 Å². The third kappa shape index (κ3) is 1.62. The first kappa shape index (κ1) is 11.6. The molecule has 1 atom stereocenters. The highest BCUT2D eigenvalue weighted by Crippen LogP contribution is 2.52. The van der Waals surface area contributed by atoms with Crippen LogP contribution < -0.4 is 0 Å². The van der Waals surface area contributed by atoms with Gasteiger partial charge in [-0.1, -0.05) is 12.1 Å². The Kier molecular flexibility index (Phi) is 2.14. The topological polar surface area (TPSA) is 3.01 Å². The zero-order valence-corrected chi connectivity index (χ0v) is 10.3. The number of hydrogen-bond donors (Lipinski definition) is 0. The molecule has 1 aromatic carbocycles. The molecule has 1 unspecified atom stereocenters. The lowest BCUT2D eigenvalue weighted by Crippen LogP contribution is -2.06. The first-order chi connectivity index (χ1) is 8.31. The van der Waals surface area contributed by atoms with Crippen LogP contribution in [0.5, 0.6) is 0 Å². The second-order valence-electron chi connectivity index (χ2n) is 5.46. The molecule has 3 rings (SSSR count). The minimum atomic E-state index is -4.26. The van der Waals surface area contributed by atoms with Crippen LogP contribution in [0.25, 0.3) is 5.70 Å². The molecule has 1 saturated heterocycles. The van der Waals surface area contributed by atoms with E-state index in [4.69, 9.17) is 0 Å². The van der Waals surface area contributed by atoms with Gasteiger partial charge in [-0.3, -0.25) is 0 Å². The summed E-state index contributed by atoms with van der Waals surface area (Å²) in [6.45, 7) is 5.26. The molecule has 1 aromatic rings. The fourth-order valence-electron chi connectivity index (χ4n) is 2.91. The molecule has 1 nitrogen and oxygen atoms in total. The van der Waals surface area contributed by atoms with Crippen LogP contribution in [0.1, 0.15) is 31.4 Å². The average molecular weight is 253 g/mol. The number of fused-ring (bicyclic) bond motifs is 1. The standard InChI is InChI=1S/C14H14F3N/c1-9-7-13(2)8-18(13)12(9)10-3-5-11(6-4-10)14(15,16)17/h3-6H,7-8H2,1-2H3. The van der Waals surface area contributed by atoms with Gasteiger partial charge in [0.15, 0.2) is 0 Å². The summed E-state index contributed by atoms with van der Waals surface area (Å²) in [5.74, 6) is 0. The summed E-state index contributed by atoms with van der Waals surface area (Å²) >= 11 is 0. The number of hydrogen-bond acceptors (Lipinski definition) is 1. The SMILES string of the molecule is CC1=C(c2ccc(C(F)(F)F)cc2)N2CC2(C)C1. The summed E-state index contributed by atoms with van der Waals surface area (Å²) in [5, 5.41) is 0. The molecular weight excluding hydrogens is 239 g/mol. The van der Waals surface area contributed by atoms with Gasteiger partial charge < -0.3 is 4.90 Å². The van der Waals surface area contributed by atoms with Crippen LogP contribution in [-0.2, 0) is 6.18 Å². The Balaban J connectivity index is 1.93. The van der Waals surface area contributed by atoms with Gasteiger partial charge in [-0.05, 0) is 43.5 Å². The summed E-state index contributed by atoms with van der Waals surface area (Å²) < 4.78 is 37.5. The van der Waals surface area contributed by atoms with Crippen molar-refractivity contribution in [2.75, 3.05) is 6.54 Å².